The van der Waals surface area contributed by atoms with Crippen molar-refractivity contribution in [3.63, 3.8) is 0 Å². The van der Waals surface area contributed by atoms with Crippen molar-refractivity contribution in [1.29, 1.82) is 0 Å². The third-order valence-electron chi connectivity index (χ3n) is 5.13. The van der Waals surface area contributed by atoms with Gasteiger partial charge in [0, 0.05) is 38.2 Å². The molecule has 8 nitrogen and oxygen atoms in total. The van der Waals surface area contributed by atoms with Crippen molar-refractivity contribution >= 4 is 17.0 Å². The van der Waals surface area contributed by atoms with Crippen molar-refractivity contribution in [2.45, 2.75) is 12.3 Å². The predicted molar refractivity (Wildman–Crippen MR) is 95.2 cm³/mol. The fraction of sp³-hybridized carbons (Fsp3) is 0.500. The van der Waals surface area contributed by atoms with Gasteiger partial charge in [-0.3, -0.25) is 0 Å². The zero-order valence-electron chi connectivity index (χ0n) is 14.7. The van der Waals surface area contributed by atoms with E-state index in [4.69, 9.17) is 19.0 Å². The first kappa shape index (κ1) is 15.8. The fourth-order valence-electron chi connectivity index (χ4n) is 3.62. The van der Waals surface area contributed by atoms with Crippen LogP contribution < -0.4 is 4.90 Å². The van der Waals surface area contributed by atoms with Crippen molar-refractivity contribution in [3.8, 4) is 11.5 Å². The SMILES string of the molecule is Cn1c(N2CCOCC2)nc2cc(-c3nc([C@H]4CCOC4)no3)ccc21. The van der Waals surface area contributed by atoms with Gasteiger partial charge in [0.05, 0.1) is 30.9 Å². The third kappa shape index (κ3) is 2.65. The number of ether oxygens (including phenoxy) is 2. The fourth-order valence-corrected chi connectivity index (χ4v) is 3.62. The number of nitrogens with zero attached hydrogens (tertiary/aromatic N) is 5. The Balaban J connectivity index is 1.47. The van der Waals surface area contributed by atoms with Crippen LogP contribution in [0.3, 0.4) is 0 Å². The maximum Gasteiger partial charge on any atom is 0.258 e. The Labute approximate surface area is 150 Å². The second-order valence-corrected chi connectivity index (χ2v) is 6.79. The number of rotatable bonds is 3. The lowest BCUT2D eigenvalue weighted by Gasteiger charge is -2.27. The Kier molecular flexibility index (Phi) is 3.86. The molecule has 2 fully saturated rings. The summed E-state index contributed by atoms with van der Waals surface area (Å²) in [6.45, 7) is 4.63. The highest BCUT2D eigenvalue weighted by molar-refractivity contribution is 5.83. The number of benzene rings is 1. The molecule has 0 radical (unpaired) electrons. The standard InChI is InChI=1S/C18H21N5O3/c1-22-15-3-2-12(17-20-16(21-26-17)13-4-7-25-11-13)10-14(15)19-18(22)23-5-8-24-9-6-23/h2-3,10,13H,4-9,11H2,1H3/t13-/m0/s1. The average Bonchev–Trinajstić information content (AvgIpc) is 3.42. The zero-order valence-corrected chi connectivity index (χ0v) is 14.7. The lowest BCUT2D eigenvalue weighted by molar-refractivity contribution is 0.122. The van der Waals surface area contributed by atoms with E-state index in [2.05, 4.69) is 25.7 Å². The Morgan fingerprint density at radius 1 is 1.08 bits per heavy atom. The van der Waals surface area contributed by atoms with E-state index in [1.54, 1.807) is 0 Å². The molecule has 0 saturated carbocycles. The topological polar surface area (TPSA) is 78.4 Å². The summed E-state index contributed by atoms with van der Waals surface area (Å²) in [6, 6.07) is 6.08. The molecule has 136 valence electrons. The Hall–Kier alpha value is -2.45. The van der Waals surface area contributed by atoms with Crippen LogP contribution in [0.2, 0.25) is 0 Å². The highest BCUT2D eigenvalue weighted by atomic mass is 16.5. The third-order valence-corrected chi connectivity index (χ3v) is 5.13. The van der Waals surface area contributed by atoms with E-state index in [9.17, 15) is 0 Å². The van der Waals surface area contributed by atoms with Crippen LogP contribution in [0.1, 0.15) is 18.2 Å². The molecule has 0 aliphatic carbocycles. The molecule has 0 spiro atoms. The van der Waals surface area contributed by atoms with Crippen LogP contribution >= 0.6 is 0 Å². The van der Waals surface area contributed by atoms with Gasteiger partial charge >= 0.3 is 0 Å². The summed E-state index contributed by atoms with van der Waals surface area (Å²) in [5, 5.41) is 4.14. The van der Waals surface area contributed by atoms with E-state index in [-0.39, 0.29) is 5.92 Å². The molecule has 1 atom stereocenters. The number of aryl methyl sites for hydroxylation is 1. The molecule has 2 saturated heterocycles. The van der Waals surface area contributed by atoms with Crippen LogP contribution in [0.15, 0.2) is 22.7 Å². The zero-order chi connectivity index (χ0) is 17.5. The number of hydrogen-bond acceptors (Lipinski definition) is 7. The summed E-state index contributed by atoms with van der Waals surface area (Å²) in [4.78, 5) is 11.7. The highest BCUT2D eigenvalue weighted by Crippen LogP contribution is 2.29. The maximum atomic E-state index is 5.49. The quantitative estimate of drug-likeness (QED) is 0.711. The monoisotopic (exact) mass is 355 g/mol. The molecule has 5 rings (SSSR count). The van der Waals surface area contributed by atoms with Crippen molar-refractivity contribution in [3.05, 3.63) is 24.0 Å². The molecule has 0 N–H and O–H groups in total. The van der Waals surface area contributed by atoms with E-state index in [1.165, 1.54) is 0 Å². The number of aromatic nitrogens is 4. The second kappa shape index (κ2) is 6.37. The number of fused-ring (bicyclic) bond motifs is 1. The molecule has 2 aliphatic heterocycles. The average molecular weight is 355 g/mol. The van der Waals surface area contributed by atoms with Crippen molar-refractivity contribution in [2.75, 3.05) is 44.4 Å². The van der Waals surface area contributed by atoms with Crippen LogP contribution in [0.25, 0.3) is 22.5 Å². The first-order valence-electron chi connectivity index (χ1n) is 9.00. The van der Waals surface area contributed by atoms with Crippen LogP contribution in [0, 0.1) is 0 Å². The minimum atomic E-state index is 0.235. The minimum Gasteiger partial charge on any atom is -0.381 e. The largest absolute Gasteiger partial charge is 0.381 e. The number of hydrogen-bond donors (Lipinski definition) is 0. The summed E-state index contributed by atoms with van der Waals surface area (Å²) >= 11 is 0. The van der Waals surface area contributed by atoms with E-state index in [0.717, 1.165) is 67.7 Å². The van der Waals surface area contributed by atoms with Crippen molar-refractivity contribution in [2.24, 2.45) is 7.05 Å². The first-order chi connectivity index (χ1) is 12.8. The molecule has 3 aromatic rings. The van der Waals surface area contributed by atoms with Gasteiger partial charge in [-0.1, -0.05) is 5.16 Å². The lowest BCUT2D eigenvalue weighted by Crippen LogP contribution is -2.37. The Morgan fingerprint density at radius 2 is 1.96 bits per heavy atom. The van der Waals surface area contributed by atoms with Gasteiger partial charge < -0.3 is 23.5 Å². The predicted octanol–water partition coefficient (Wildman–Crippen LogP) is 1.96. The van der Waals surface area contributed by atoms with Gasteiger partial charge in [0.1, 0.15) is 0 Å². The summed E-state index contributed by atoms with van der Waals surface area (Å²) in [7, 11) is 2.05. The summed E-state index contributed by atoms with van der Waals surface area (Å²) in [5.41, 5.74) is 2.90. The van der Waals surface area contributed by atoms with E-state index in [0.29, 0.717) is 12.5 Å². The first-order valence-corrected chi connectivity index (χ1v) is 9.00. The van der Waals surface area contributed by atoms with Gasteiger partial charge in [-0.25, -0.2) is 4.98 Å². The minimum absolute atomic E-state index is 0.235. The smallest absolute Gasteiger partial charge is 0.258 e. The number of morpholine rings is 1. The van der Waals surface area contributed by atoms with Gasteiger partial charge in [0.15, 0.2) is 5.82 Å². The molecule has 8 heteroatoms. The van der Waals surface area contributed by atoms with Crippen LogP contribution in [-0.4, -0.2) is 59.2 Å². The number of anilines is 1. The molecule has 26 heavy (non-hydrogen) atoms. The van der Waals surface area contributed by atoms with Gasteiger partial charge in [0.2, 0.25) is 5.95 Å². The van der Waals surface area contributed by atoms with Crippen molar-refractivity contribution < 1.29 is 14.0 Å². The van der Waals surface area contributed by atoms with E-state index in [1.807, 2.05) is 19.2 Å². The van der Waals surface area contributed by atoms with Crippen molar-refractivity contribution in [1.82, 2.24) is 19.7 Å². The van der Waals surface area contributed by atoms with Gasteiger partial charge in [-0.2, -0.15) is 4.98 Å². The molecule has 1 aromatic carbocycles. The Morgan fingerprint density at radius 3 is 2.77 bits per heavy atom. The molecule has 0 unspecified atom stereocenters. The molecular formula is C18H21N5O3. The summed E-state index contributed by atoms with van der Waals surface area (Å²) < 4.78 is 18.5. The highest BCUT2D eigenvalue weighted by Gasteiger charge is 2.24. The molecule has 2 aliphatic rings. The van der Waals surface area contributed by atoms with Crippen LogP contribution in [-0.2, 0) is 16.5 Å². The molecular weight excluding hydrogens is 334 g/mol. The molecule has 0 bridgehead atoms. The van der Waals surface area contributed by atoms with E-state index < -0.39 is 0 Å². The van der Waals surface area contributed by atoms with Crippen LogP contribution in [0.4, 0.5) is 5.95 Å². The Bertz CT molecular complexity index is 922. The van der Waals surface area contributed by atoms with Gasteiger partial charge in [0.25, 0.3) is 5.89 Å². The summed E-state index contributed by atoms with van der Waals surface area (Å²) in [6.07, 6.45) is 0.946. The normalized spacial score (nSPS) is 21.0. The lowest BCUT2D eigenvalue weighted by atomic mass is 10.1. The van der Waals surface area contributed by atoms with Gasteiger partial charge in [-0.05, 0) is 24.6 Å². The molecule has 2 aromatic heterocycles. The number of imidazole rings is 1. The maximum absolute atomic E-state index is 5.49. The second-order valence-electron chi connectivity index (χ2n) is 6.79. The van der Waals surface area contributed by atoms with Gasteiger partial charge in [-0.15, -0.1) is 0 Å². The van der Waals surface area contributed by atoms with Crippen LogP contribution in [0.5, 0.6) is 0 Å². The molecule has 0 amide bonds. The molecule has 4 heterocycles. The summed E-state index contributed by atoms with van der Waals surface area (Å²) in [5.74, 6) is 2.47. The van der Waals surface area contributed by atoms with E-state index >= 15 is 0 Å².